The first kappa shape index (κ1) is 20.3. The Bertz CT molecular complexity index is 851. The smallest absolute Gasteiger partial charge is 0.346 e. The van der Waals surface area contributed by atoms with Gasteiger partial charge in [0.15, 0.2) is 0 Å². The Morgan fingerprint density at radius 2 is 1.85 bits per heavy atom. The van der Waals surface area contributed by atoms with Gasteiger partial charge in [0, 0.05) is 17.2 Å². The molecule has 0 spiro atoms. The molecule has 6 nitrogen and oxygen atoms in total. The van der Waals surface area contributed by atoms with Gasteiger partial charge in [-0.3, -0.25) is 9.59 Å². The van der Waals surface area contributed by atoms with Crippen LogP contribution in [0.2, 0.25) is 0 Å². The van der Waals surface area contributed by atoms with Gasteiger partial charge in [-0.1, -0.05) is 19.9 Å². The molecule has 2 N–H and O–H groups in total. The van der Waals surface area contributed by atoms with Crippen LogP contribution < -0.4 is 10.6 Å². The van der Waals surface area contributed by atoms with Crippen molar-refractivity contribution >= 4 is 17.6 Å². The third-order valence-corrected chi connectivity index (χ3v) is 3.52. The molecule has 2 amide bonds. The van der Waals surface area contributed by atoms with Gasteiger partial charge in [0.25, 0.3) is 5.91 Å². The van der Waals surface area contributed by atoms with Gasteiger partial charge < -0.3 is 10.6 Å². The zero-order chi connectivity index (χ0) is 20.2. The van der Waals surface area contributed by atoms with Crippen molar-refractivity contribution in [1.29, 1.82) is 0 Å². The van der Waals surface area contributed by atoms with E-state index < -0.39 is 17.8 Å². The Morgan fingerprint density at radius 3 is 2.48 bits per heavy atom. The van der Waals surface area contributed by atoms with E-state index in [-0.39, 0.29) is 35.4 Å². The lowest BCUT2D eigenvalue weighted by Crippen LogP contribution is -2.25. The lowest BCUT2D eigenvalue weighted by atomic mass is 10.2. The van der Waals surface area contributed by atoms with E-state index in [0.29, 0.717) is 5.69 Å². The van der Waals surface area contributed by atoms with Crippen molar-refractivity contribution in [3.8, 4) is 0 Å². The molecule has 0 aromatic carbocycles. The topological polar surface area (TPSA) is 84.0 Å². The van der Waals surface area contributed by atoms with Gasteiger partial charge in [0.1, 0.15) is 11.5 Å². The van der Waals surface area contributed by atoms with Gasteiger partial charge in [-0.25, -0.2) is 9.97 Å². The van der Waals surface area contributed by atoms with Crippen LogP contribution in [0.3, 0.4) is 0 Å². The summed E-state index contributed by atoms with van der Waals surface area (Å²) in [5.41, 5.74) is -0.197. The molecule has 0 saturated heterocycles. The number of rotatable bonds is 5. The van der Waals surface area contributed by atoms with Gasteiger partial charge in [-0.05, 0) is 31.2 Å². The van der Waals surface area contributed by atoms with Gasteiger partial charge in [-0.15, -0.1) is 0 Å². The van der Waals surface area contributed by atoms with Gasteiger partial charge >= 0.3 is 6.18 Å². The number of nitrogens with one attached hydrogen (secondary N) is 2. The maximum Gasteiger partial charge on any atom is 0.433 e. The predicted molar refractivity (Wildman–Crippen MR) is 92.9 cm³/mol. The molecule has 2 heterocycles. The number of halogens is 3. The molecule has 0 radical (unpaired) electrons. The highest BCUT2D eigenvalue weighted by atomic mass is 19.4. The third kappa shape index (κ3) is 5.77. The molecule has 0 atom stereocenters. The number of aromatic nitrogens is 2. The van der Waals surface area contributed by atoms with Crippen LogP contribution in [0.5, 0.6) is 0 Å². The van der Waals surface area contributed by atoms with E-state index in [0.717, 1.165) is 6.07 Å². The minimum atomic E-state index is -4.55. The quantitative estimate of drug-likeness (QED) is 0.833. The summed E-state index contributed by atoms with van der Waals surface area (Å²) in [5, 5.41) is 5.12. The summed E-state index contributed by atoms with van der Waals surface area (Å²) in [5.74, 6) is -0.778. The van der Waals surface area contributed by atoms with Crippen molar-refractivity contribution in [2.75, 3.05) is 5.32 Å². The first-order valence-corrected chi connectivity index (χ1v) is 8.17. The largest absolute Gasteiger partial charge is 0.433 e. The van der Waals surface area contributed by atoms with Gasteiger partial charge in [0.05, 0.1) is 12.2 Å². The summed E-state index contributed by atoms with van der Waals surface area (Å²) in [7, 11) is 0. The first-order valence-electron chi connectivity index (χ1n) is 8.17. The Hall–Kier alpha value is -2.97. The summed E-state index contributed by atoms with van der Waals surface area (Å²) >= 11 is 0. The van der Waals surface area contributed by atoms with Crippen LogP contribution in [0.4, 0.5) is 19.0 Å². The minimum absolute atomic E-state index is 0.0808. The van der Waals surface area contributed by atoms with Crippen molar-refractivity contribution in [1.82, 2.24) is 15.3 Å². The van der Waals surface area contributed by atoms with E-state index in [1.807, 2.05) is 0 Å². The molecule has 27 heavy (non-hydrogen) atoms. The summed E-state index contributed by atoms with van der Waals surface area (Å²) in [4.78, 5) is 31.7. The lowest BCUT2D eigenvalue weighted by molar-refractivity contribution is -0.141. The Labute approximate surface area is 154 Å². The summed E-state index contributed by atoms with van der Waals surface area (Å²) < 4.78 is 38.1. The number of nitrogens with zero attached hydrogens (tertiary/aromatic N) is 2. The second-order valence-electron chi connectivity index (χ2n) is 6.22. The molecular formula is C18H19F3N4O2. The zero-order valence-corrected chi connectivity index (χ0v) is 15.0. The fourth-order valence-corrected chi connectivity index (χ4v) is 2.14. The normalized spacial score (nSPS) is 11.4. The molecule has 0 unspecified atom stereocenters. The number of pyridine rings is 2. The van der Waals surface area contributed by atoms with Gasteiger partial charge in [0.2, 0.25) is 5.91 Å². The van der Waals surface area contributed by atoms with Gasteiger partial charge in [-0.2, -0.15) is 13.2 Å². The first-order chi connectivity index (χ1) is 12.6. The SMILES string of the molecule is Cc1cc(C(=O)NCc2cccc(C(F)(F)F)n2)cc(NC(=O)C(C)C)n1. The van der Waals surface area contributed by atoms with Crippen molar-refractivity contribution < 1.29 is 22.8 Å². The highest BCUT2D eigenvalue weighted by Gasteiger charge is 2.32. The zero-order valence-electron chi connectivity index (χ0n) is 15.0. The summed E-state index contributed by atoms with van der Waals surface area (Å²) in [6, 6.07) is 6.40. The van der Waals surface area contributed by atoms with E-state index in [9.17, 15) is 22.8 Å². The molecule has 0 fully saturated rings. The summed E-state index contributed by atoms with van der Waals surface area (Å²) in [6.07, 6.45) is -4.55. The average molecular weight is 380 g/mol. The predicted octanol–water partition coefficient (Wildman–Crippen LogP) is 3.33. The van der Waals surface area contributed by atoms with Crippen molar-refractivity contribution in [3.63, 3.8) is 0 Å². The monoisotopic (exact) mass is 380 g/mol. The summed E-state index contributed by atoms with van der Waals surface area (Å²) in [6.45, 7) is 4.94. The van der Waals surface area contributed by atoms with Crippen molar-refractivity contribution in [2.24, 2.45) is 5.92 Å². The molecule has 2 aromatic heterocycles. The molecule has 0 aliphatic heterocycles. The van der Waals surface area contributed by atoms with E-state index in [1.54, 1.807) is 20.8 Å². The van der Waals surface area contributed by atoms with Crippen LogP contribution in [0.1, 0.15) is 41.3 Å². The van der Waals surface area contributed by atoms with E-state index in [1.165, 1.54) is 24.3 Å². The van der Waals surface area contributed by atoms with Crippen molar-refractivity contribution in [2.45, 2.75) is 33.5 Å². The minimum Gasteiger partial charge on any atom is -0.346 e. The maximum atomic E-state index is 12.7. The molecule has 0 bridgehead atoms. The number of alkyl halides is 3. The average Bonchev–Trinajstić information content (AvgIpc) is 2.58. The molecule has 0 aliphatic rings. The number of anilines is 1. The van der Waals surface area contributed by atoms with E-state index in [2.05, 4.69) is 20.6 Å². The molecular weight excluding hydrogens is 361 g/mol. The number of carbonyl (C=O) groups is 2. The number of carbonyl (C=O) groups excluding carboxylic acids is 2. The number of amides is 2. The highest BCUT2D eigenvalue weighted by molar-refractivity contribution is 5.97. The standard InChI is InChI=1S/C18H19F3N4O2/c1-10(2)16(26)25-15-8-12(7-11(3)23-15)17(27)22-9-13-5-4-6-14(24-13)18(19,20)21/h4-8,10H,9H2,1-3H3,(H,22,27)(H,23,25,26). The van der Waals surface area contributed by atoms with Crippen molar-refractivity contribution in [3.05, 3.63) is 53.0 Å². The molecule has 9 heteroatoms. The fraction of sp³-hybridized carbons (Fsp3) is 0.333. The number of hydrogen-bond donors (Lipinski definition) is 2. The second-order valence-corrected chi connectivity index (χ2v) is 6.22. The Kier molecular flexibility index (Phi) is 6.14. The number of aryl methyl sites for hydroxylation is 1. The second kappa shape index (κ2) is 8.15. The van der Waals surface area contributed by atoms with Crippen LogP contribution in [0.15, 0.2) is 30.3 Å². The van der Waals surface area contributed by atoms with Crippen LogP contribution >= 0.6 is 0 Å². The van der Waals surface area contributed by atoms with E-state index >= 15 is 0 Å². The molecule has 144 valence electrons. The lowest BCUT2D eigenvalue weighted by Gasteiger charge is -2.11. The molecule has 2 rings (SSSR count). The van der Waals surface area contributed by atoms with Crippen LogP contribution in [-0.4, -0.2) is 21.8 Å². The van der Waals surface area contributed by atoms with E-state index in [4.69, 9.17) is 0 Å². The molecule has 0 aliphatic carbocycles. The fourth-order valence-electron chi connectivity index (χ4n) is 2.14. The Morgan fingerprint density at radius 1 is 1.15 bits per heavy atom. The highest BCUT2D eigenvalue weighted by Crippen LogP contribution is 2.27. The molecule has 2 aromatic rings. The maximum absolute atomic E-state index is 12.7. The van der Waals surface area contributed by atoms with Crippen LogP contribution in [0, 0.1) is 12.8 Å². The third-order valence-electron chi connectivity index (χ3n) is 3.52. The van der Waals surface area contributed by atoms with Crippen LogP contribution in [0.25, 0.3) is 0 Å². The Balaban J connectivity index is 2.10. The number of hydrogen-bond acceptors (Lipinski definition) is 4. The molecule has 0 saturated carbocycles. The van der Waals surface area contributed by atoms with Crippen LogP contribution in [-0.2, 0) is 17.5 Å².